The average molecular weight is 279 g/mol. The Balaban J connectivity index is 3.84. The van der Waals surface area contributed by atoms with Gasteiger partial charge in [0.05, 0.1) is 0 Å². The van der Waals surface area contributed by atoms with Crippen molar-refractivity contribution in [3.05, 3.63) is 25.3 Å². The third-order valence-electron chi connectivity index (χ3n) is 4.29. The maximum absolute atomic E-state index is 3.88. The van der Waals surface area contributed by atoms with Crippen LogP contribution >= 0.6 is 0 Å². The maximum Gasteiger partial charge on any atom is -0.0327 e. The summed E-state index contributed by atoms with van der Waals surface area (Å²) >= 11 is 0. The quantitative estimate of drug-likeness (QED) is 0.217. The molecule has 0 rings (SSSR count). The summed E-state index contributed by atoms with van der Waals surface area (Å²) in [5, 5.41) is 0. The van der Waals surface area contributed by atoms with Crippen LogP contribution in [0.15, 0.2) is 25.3 Å². The Labute approximate surface area is 128 Å². The van der Waals surface area contributed by atoms with Gasteiger partial charge in [0, 0.05) is 0 Å². The van der Waals surface area contributed by atoms with Crippen molar-refractivity contribution >= 4 is 0 Å². The van der Waals surface area contributed by atoms with Crippen LogP contribution in [0.2, 0.25) is 0 Å². The lowest BCUT2D eigenvalue weighted by atomic mass is 9.86. The third kappa shape index (κ3) is 12.5. The molecule has 0 aliphatic heterocycles. The Bertz CT molecular complexity index is 216. The molecule has 0 amide bonds. The number of unbranched alkanes of at least 4 members (excludes halogenated alkanes) is 6. The fourth-order valence-corrected chi connectivity index (χ4v) is 3.09. The summed E-state index contributed by atoms with van der Waals surface area (Å²) in [4.78, 5) is 0. The van der Waals surface area contributed by atoms with Gasteiger partial charge in [-0.25, -0.2) is 0 Å². The molecule has 0 saturated heterocycles. The summed E-state index contributed by atoms with van der Waals surface area (Å²) in [6, 6.07) is 0. The molecule has 0 saturated carbocycles. The molecule has 0 radical (unpaired) electrons. The fourth-order valence-electron chi connectivity index (χ4n) is 3.09. The highest BCUT2D eigenvalue weighted by atomic mass is 14.2. The van der Waals surface area contributed by atoms with Gasteiger partial charge < -0.3 is 0 Å². The monoisotopic (exact) mass is 278 g/mol. The molecule has 2 unspecified atom stereocenters. The van der Waals surface area contributed by atoms with Crippen molar-refractivity contribution in [3.63, 3.8) is 0 Å². The smallest absolute Gasteiger partial charge is 0.0327 e. The molecule has 0 aromatic rings. The Morgan fingerprint density at radius 2 is 1.50 bits per heavy atom. The van der Waals surface area contributed by atoms with E-state index in [-0.39, 0.29) is 0 Å². The highest BCUT2D eigenvalue weighted by molar-refractivity contribution is 4.73. The van der Waals surface area contributed by atoms with Crippen molar-refractivity contribution in [1.29, 1.82) is 0 Å². The van der Waals surface area contributed by atoms with Crippen LogP contribution in [-0.2, 0) is 0 Å². The van der Waals surface area contributed by atoms with E-state index < -0.39 is 0 Å². The van der Waals surface area contributed by atoms with Gasteiger partial charge in [-0.05, 0) is 37.5 Å². The highest BCUT2D eigenvalue weighted by Gasteiger charge is 2.12. The molecular formula is C20H38. The summed E-state index contributed by atoms with van der Waals surface area (Å²) < 4.78 is 0. The van der Waals surface area contributed by atoms with E-state index >= 15 is 0 Å². The van der Waals surface area contributed by atoms with E-state index in [0.29, 0.717) is 0 Å². The molecule has 20 heavy (non-hydrogen) atoms. The number of allylic oxidation sites excluding steroid dienone is 2. The first-order valence-electron chi connectivity index (χ1n) is 8.96. The van der Waals surface area contributed by atoms with Crippen LogP contribution in [0.1, 0.15) is 90.9 Å². The van der Waals surface area contributed by atoms with Crippen molar-refractivity contribution in [2.75, 3.05) is 0 Å². The van der Waals surface area contributed by atoms with Gasteiger partial charge in [0.2, 0.25) is 0 Å². The molecule has 0 heteroatoms. The van der Waals surface area contributed by atoms with Gasteiger partial charge in [-0.15, -0.1) is 13.2 Å². The van der Waals surface area contributed by atoms with Crippen molar-refractivity contribution in [2.24, 2.45) is 11.8 Å². The Kier molecular flexibility index (Phi) is 14.5. The summed E-state index contributed by atoms with van der Waals surface area (Å²) in [7, 11) is 0. The van der Waals surface area contributed by atoms with Gasteiger partial charge in [0.15, 0.2) is 0 Å². The minimum absolute atomic E-state index is 0.819. The predicted octanol–water partition coefficient (Wildman–Crippen LogP) is 7.31. The Morgan fingerprint density at radius 1 is 0.850 bits per heavy atom. The van der Waals surface area contributed by atoms with E-state index in [0.717, 1.165) is 11.8 Å². The first kappa shape index (κ1) is 19.5. The maximum atomic E-state index is 3.88. The first-order chi connectivity index (χ1) is 9.74. The molecule has 0 aromatic heterocycles. The van der Waals surface area contributed by atoms with Crippen molar-refractivity contribution < 1.29 is 0 Å². The highest BCUT2D eigenvalue weighted by Crippen LogP contribution is 2.26. The molecule has 0 aliphatic carbocycles. The van der Waals surface area contributed by atoms with Crippen LogP contribution in [0.5, 0.6) is 0 Å². The second-order valence-electron chi connectivity index (χ2n) is 6.51. The number of hydrogen-bond acceptors (Lipinski definition) is 0. The SMILES string of the molecule is C=CCCCCCCC(CCCCC)CC(C)CC=C. The molecule has 118 valence electrons. The summed E-state index contributed by atoms with van der Waals surface area (Å²) in [6.45, 7) is 12.4. The normalized spacial score (nSPS) is 13.9. The molecule has 2 atom stereocenters. The van der Waals surface area contributed by atoms with E-state index in [2.05, 4.69) is 33.1 Å². The lowest BCUT2D eigenvalue weighted by Crippen LogP contribution is -2.07. The van der Waals surface area contributed by atoms with Crippen LogP contribution in [0.25, 0.3) is 0 Å². The minimum Gasteiger partial charge on any atom is -0.103 e. The topological polar surface area (TPSA) is 0 Å². The number of hydrogen-bond donors (Lipinski definition) is 0. The zero-order valence-corrected chi connectivity index (χ0v) is 14.2. The van der Waals surface area contributed by atoms with E-state index in [1.807, 2.05) is 6.08 Å². The Hall–Kier alpha value is -0.520. The van der Waals surface area contributed by atoms with Crippen LogP contribution in [0, 0.1) is 11.8 Å². The number of rotatable bonds is 15. The molecule has 0 heterocycles. The zero-order chi connectivity index (χ0) is 15.1. The molecule has 0 nitrogen and oxygen atoms in total. The molecule has 0 fully saturated rings. The van der Waals surface area contributed by atoms with Crippen LogP contribution < -0.4 is 0 Å². The summed E-state index contributed by atoms with van der Waals surface area (Å²) in [6.07, 6.45) is 20.5. The van der Waals surface area contributed by atoms with Crippen molar-refractivity contribution in [3.8, 4) is 0 Å². The van der Waals surface area contributed by atoms with Gasteiger partial charge in [-0.3, -0.25) is 0 Å². The van der Waals surface area contributed by atoms with Crippen LogP contribution in [0.4, 0.5) is 0 Å². The molecule has 0 aliphatic rings. The largest absolute Gasteiger partial charge is 0.103 e. The second kappa shape index (κ2) is 14.9. The fraction of sp³-hybridized carbons (Fsp3) is 0.800. The van der Waals surface area contributed by atoms with E-state index in [9.17, 15) is 0 Å². The Morgan fingerprint density at radius 3 is 2.10 bits per heavy atom. The van der Waals surface area contributed by atoms with Gasteiger partial charge >= 0.3 is 0 Å². The van der Waals surface area contributed by atoms with Gasteiger partial charge in [0.25, 0.3) is 0 Å². The molecule has 0 spiro atoms. The second-order valence-corrected chi connectivity index (χ2v) is 6.51. The van der Waals surface area contributed by atoms with Gasteiger partial charge in [-0.1, -0.05) is 77.4 Å². The summed E-state index contributed by atoms with van der Waals surface area (Å²) in [5.74, 6) is 1.77. The lowest BCUT2D eigenvalue weighted by Gasteiger charge is -2.20. The standard InChI is InChI=1S/C20H38/c1-5-8-10-11-12-14-17-20(16-13-9-6-2)18-19(4)15-7-3/h5,7,19-20H,1,3,6,8-18H2,2,4H3. The summed E-state index contributed by atoms with van der Waals surface area (Å²) in [5.41, 5.74) is 0. The van der Waals surface area contributed by atoms with E-state index in [1.54, 1.807) is 0 Å². The molecule has 0 N–H and O–H groups in total. The van der Waals surface area contributed by atoms with Crippen molar-refractivity contribution in [1.82, 2.24) is 0 Å². The molecule has 0 aromatic carbocycles. The molecular weight excluding hydrogens is 240 g/mol. The average Bonchev–Trinajstić information content (AvgIpc) is 2.43. The van der Waals surface area contributed by atoms with Crippen LogP contribution in [0.3, 0.4) is 0 Å². The van der Waals surface area contributed by atoms with Gasteiger partial charge in [0.1, 0.15) is 0 Å². The van der Waals surface area contributed by atoms with E-state index in [4.69, 9.17) is 0 Å². The first-order valence-corrected chi connectivity index (χ1v) is 8.96. The lowest BCUT2D eigenvalue weighted by molar-refractivity contribution is 0.330. The van der Waals surface area contributed by atoms with Gasteiger partial charge in [-0.2, -0.15) is 0 Å². The third-order valence-corrected chi connectivity index (χ3v) is 4.29. The minimum atomic E-state index is 0.819. The van der Waals surface area contributed by atoms with Crippen molar-refractivity contribution in [2.45, 2.75) is 90.9 Å². The zero-order valence-electron chi connectivity index (χ0n) is 14.2. The molecule has 0 bridgehead atoms. The van der Waals surface area contributed by atoms with E-state index in [1.165, 1.54) is 77.0 Å². The predicted molar refractivity (Wildman–Crippen MR) is 94.1 cm³/mol. The van der Waals surface area contributed by atoms with Crippen LogP contribution in [-0.4, -0.2) is 0 Å².